The molecule has 0 aliphatic carbocycles. The number of aldehydes is 1. The van der Waals surface area contributed by atoms with Crippen molar-refractivity contribution in [2.45, 2.75) is 0 Å². The Morgan fingerprint density at radius 2 is 2.00 bits per heavy atom. The van der Waals surface area contributed by atoms with Gasteiger partial charge >= 0.3 is 0 Å². The van der Waals surface area contributed by atoms with Crippen LogP contribution in [0, 0.1) is 11.8 Å². The number of nitrogens with zero attached hydrogens (tertiary/aromatic N) is 1. The van der Waals surface area contributed by atoms with Crippen LogP contribution in [0.2, 0.25) is 0 Å². The lowest BCUT2D eigenvalue weighted by Gasteiger charge is -2.20. The molecule has 2 heterocycles. The highest BCUT2D eigenvalue weighted by Gasteiger charge is 2.36. The van der Waals surface area contributed by atoms with Crippen LogP contribution >= 0.6 is 0 Å². The minimum absolute atomic E-state index is 0.0600. The zero-order valence-electron chi connectivity index (χ0n) is 9.60. The second kappa shape index (κ2) is 4.04. The first-order valence-electron chi connectivity index (χ1n) is 6.02. The van der Waals surface area contributed by atoms with Crippen molar-refractivity contribution in [3.63, 3.8) is 0 Å². The average molecular weight is 232 g/mol. The van der Waals surface area contributed by atoms with Crippen molar-refractivity contribution in [3.05, 3.63) is 23.8 Å². The van der Waals surface area contributed by atoms with Gasteiger partial charge in [0.1, 0.15) is 5.75 Å². The Kier molecular flexibility index (Phi) is 2.52. The van der Waals surface area contributed by atoms with E-state index in [0.717, 1.165) is 43.7 Å². The SMILES string of the molecule is O=Cc1cc(N2C[C@H]3CNC[C@H]3C2)ccc1O. The molecule has 0 spiro atoms. The molecule has 0 aromatic heterocycles. The molecule has 0 bridgehead atoms. The van der Waals surface area contributed by atoms with Gasteiger partial charge in [-0.05, 0) is 30.0 Å². The van der Waals surface area contributed by atoms with Crippen molar-refractivity contribution >= 4 is 12.0 Å². The van der Waals surface area contributed by atoms with E-state index in [1.807, 2.05) is 6.07 Å². The first-order valence-corrected chi connectivity index (χ1v) is 6.02. The summed E-state index contributed by atoms with van der Waals surface area (Å²) < 4.78 is 0. The normalized spacial score (nSPS) is 27.2. The van der Waals surface area contributed by atoms with Crippen LogP contribution < -0.4 is 10.2 Å². The molecular formula is C13H16N2O2. The molecule has 3 rings (SSSR count). The van der Waals surface area contributed by atoms with E-state index in [4.69, 9.17) is 0 Å². The van der Waals surface area contributed by atoms with Gasteiger partial charge in [-0.3, -0.25) is 4.79 Å². The zero-order chi connectivity index (χ0) is 11.8. The van der Waals surface area contributed by atoms with Gasteiger partial charge in [0.05, 0.1) is 5.56 Å². The molecular weight excluding hydrogens is 216 g/mol. The number of fused-ring (bicyclic) bond motifs is 1. The van der Waals surface area contributed by atoms with Crippen LogP contribution in [0.5, 0.6) is 5.75 Å². The Labute approximate surface area is 100 Å². The van der Waals surface area contributed by atoms with Crippen molar-refractivity contribution in [1.29, 1.82) is 0 Å². The highest BCUT2D eigenvalue weighted by molar-refractivity contribution is 5.81. The van der Waals surface area contributed by atoms with Crippen molar-refractivity contribution in [1.82, 2.24) is 5.32 Å². The van der Waals surface area contributed by atoms with Crippen LogP contribution in [-0.2, 0) is 0 Å². The Morgan fingerprint density at radius 1 is 1.29 bits per heavy atom. The smallest absolute Gasteiger partial charge is 0.153 e. The lowest BCUT2D eigenvalue weighted by Crippen LogP contribution is -2.25. The van der Waals surface area contributed by atoms with Crippen molar-refractivity contribution in [2.75, 3.05) is 31.1 Å². The number of hydrogen-bond acceptors (Lipinski definition) is 4. The van der Waals surface area contributed by atoms with Gasteiger partial charge in [-0.2, -0.15) is 0 Å². The van der Waals surface area contributed by atoms with Gasteiger partial charge in [0, 0.05) is 31.9 Å². The van der Waals surface area contributed by atoms with Crippen LogP contribution in [-0.4, -0.2) is 37.6 Å². The maximum Gasteiger partial charge on any atom is 0.153 e. The summed E-state index contributed by atoms with van der Waals surface area (Å²) in [4.78, 5) is 13.1. The molecule has 1 aromatic rings. The number of phenolic OH excluding ortho intramolecular Hbond substituents is 1. The van der Waals surface area contributed by atoms with Crippen LogP contribution in [0.3, 0.4) is 0 Å². The maximum absolute atomic E-state index is 10.8. The summed E-state index contributed by atoms with van der Waals surface area (Å²) >= 11 is 0. The number of benzene rings is 1. The van der Waals surface area contributed by atoms with Gasteiger partial charge < -0.3 is 15.3 Å². The third kappa shape index (κ3) is 1.78. The Morgan fingerprint density at radius 3 is 2.65 bits per heavy atom. The number of anilines is 1. The monoisotopic (exact) mass is 232 g/mol. The quantitative estimate of drug-likeness (QED) is 0.743. The summed E-state index contributed by atoms with van der Waals surface area (Å²) in [7, 11) is 0. The summed E-state index contributed by atoms with van der Waals surface area (Å²) in [5.41, 5.74) is 1.41. The summed E-state index contributed by atoms with van der Waals surface area (Å²) in [6, 6.07) is 5.26. The molecule has 0 radical (unpaired) electrons. The summed E-state index contributed by atoms with van der Waals surface area (Å²) in [5.74, 6) is 1.51. The second-order valence-electron chi connectivity index (χ2n) is 4.94. The maximum atomic E-state index is 10.8. The molecule has 1 aromatic carbocycles. The number of phenols is 1. The van der Waals surface area contributed by atoms with Crippen LogP contribution in [0.25, 0.3) is 0 Å². The number of nitrogens with one attached hydrogen (secondary N) is 1. The van der Waals surface area contributed by atoms with Crippen LogP contribution in [0.15, 0.2) is 18.2 Å². The van der Waals surface area contributed by atoms with E-state index in [1.165, 1.54) is 0 Å². The van der Waals surface area contributed by atoms with Crippen LogP contribution in [0.4, 0.5) is 5.69 Å². The zero-order valence-corrected chi connectivity index (χ0v) is 9.60. The fourth-order valence-electron chi connectivity index (χ4n) is 2.90. The first kappa shape index (κ1) is 10.6. The molecule has 4 heteroatoms. The predicted octanol–water partition coefficient (Wildman–Crippen LogP) is 0.860. The molecule has 17 heavy (non-hydrogen) atoms. The van der Waals surface area contributed by atoms with Crippen molar-refractivity contribution < 1.29 is 9.90 Å². The average Bonchev–Trinajstić information content (AvgIpc) is 2.90. The molecule has 0 saturated carbocycles. The standard InChI is InChI=1S/C13H16N2O2/c16-8-9-3-12(1-2-13(9)17)15-6-10-4-14-5-11(10)7-15/h1-3,8,10-11,14,17H,4-7H2/t10-,11+. The third-order valence-corrected chi connectivity index (χ3v) is 3.89. The highest BCUT2D eigenvalue weighted by Crippen LogP contribution is 2.32. The number of rotatable bonds is 2. The summed E-state index contributed by atoms with van der Waals surface area (Å²) in [6.45, 7) is 4.28. The first-order chi connectivity index (χ1) is 8.28. The fourth-order valence-corrected chi connectivity index (χ4v) is 2.90. The lowest BCUT2D eigenvalue weighted by molar-refractivity contribution is 0.112. The molecule has 2 aliphatic heterocycles. The highest BCUT2D eigenvalue weighted by atomic mass is 16.3. The van der Waals surface area contributed by atoms with E-state index in [1.54, 1.807) is 12.1 Å². The Hall–Kier alpha value is -1.55. The second-order valence-corrected chi connectivity index (χ2v) is 4.94. The third-order valence-electron chi connectivity index (χ3n) is 3.89. The van der Waals surface area contributed by atoms with Crippen molar-refractivity contribution in [2.24, 2.45) is 11.8 Å². The number of hydrogen-bond donors (Lipinski definition) is 2. The molecule has 0 amide bonds. The van der Waals surface area contributed by atoms with Gasteiger partial charge in [-0.1, -0.05) is 0 Å². The topological polar surface area (TPSA) is 52.6 Å². The van der Waals surface area contributed by atoms with E-state index in [2.05, 4.69) is 10.2 Å². The molecule has 2 N–H and O–H groups in total. The molecule has 2 fully saturated rings. The molecule has 0 unspecified atom stereocenters. The van der Waals surface area contributed by atoms with E-state index < -0.39 is 0 Å². The van der Waals surface area contributed by atoms with Gasteiger partial charge in [0.2, 0.25) is 0 Å². The lowest BCUT2D eigenvalue weighted by atomic mass is 10.0. The minimum Gasteiger partial charge on any atom is -0.507 e. The number of aromatic hydroxyl groups is 1. The summed E-state index contributed by atoms with van der Waals surface area (Å²) in [5, 5.41) is 12.9. The molecule has 2 aliphatic rings. The molecule has 90 valence electrons. The van der Waals surface area contributed by atoms with Gasteiger partial charge in [-0.15, -0.1) is 0 Å². The van der Waals surface area contributed by atoms with Crippen molar-refractivity contribution in [3.8, 4) is 5.75 Å². The van der Waals surface area contributed by atoms with E-state index in [9.17, 15) is 9.90 Å². The number of carbonyl (C=O) groups excluding carboxylic acids is 1. The minimum atomic E-state index is 0.0600. The van der Waals surface area contributed by atoms with E-state index >= 15 is 0 Å². The largest absolute Gasteiger partial charge is 0.507 e. The Balaban J connectivity index is 1.83. The van der Waals surface area contributed by atoms with E-state index in [0.29, 0.717) is 11.8 Å². The fraction of sp³-hybridized carbons (Fsp3) is 0.462. The van der Waals surface area contributed by atoms with Gasteiger partial charge in [0.25, 0.3) is 0 Å². The van der Waals surface area contributed by atoms with Gasteiger partial charge in [0.15, 0.2) is 6.29 Å². The summed E-state index contributed by atoms with van der Waals surface area (Å²) in [6.07, 6.45) is 0.706. The van der Waals surface area contributed by atoms with Gasteiger partial charge in [-0.25, -0.2) is 0 Å². The molecule has 4 nitrogen and oxygen atoms in total. The Bertz CT molecular complexity index is 435. The number of carbonyl (C=O) groups is 1. The molecule has 2 saturated heterocycles. The van der Waals surface area contributed by atoms with E-state index in [-0.39, 0.29) is 5.75 Å². The van der Waals surface area contributed by atoms with Crippen LogP contribution in [0.1, 0.15) is 10.4 Å². The predicted molar refractivity (Wildman–Crippen MR) is 65.6 cm³/mol. The molecule has 2 atom stereocenters.